The van der Waals surface area contributed by atoms with Crippen LogP contribution in [0.1, 0.15) is 18.4 Å². The van der Waals surface area contributed by atoms with E-state index in [0.717, 1.165) is 23.8 Å². The van der Waals surface area contributed by atoms with Gasteiger partial charge in [0.2, 0.25) is 10.0 Å². The molecular weight excluding hydrogens is 286 g/mol. The number of benzene rings is 1. The number of allylic oxidation sites excluding steroid dienone is 2. The van der Waals surface area contributed by atoms with Crippen molar-refractivity contribution in [1.29, 1.82) is 0 Å². The number of rotatable bonds is 3. The first kappa shape index (κ1) is 14.5. The molecule has 0 saturated carbocycles. The monoisotopic (exact) mass is 305 g/mol. The fraction of sp³-hybridized carbons (Fsp3) is 0.438. The molecule has 0 unspecified atom stereocenters. The Hall–Kier alpha value is -1.46. The maximum atomic E-state index is 12.7. The van der Waals surface area contributed by atoms with Gasteiger partial charge in [-0.15, -0.1) is 0 Å². The third-order valence-electron chi connectivity index (χ3n) is 4.49. The Morgan fingerprint density at radius 1 is 1.24 bits per heavy atom. The second-order valence-electron chi connectivity index (χ2n) is 5.95. The number of fused-ring (bicyclic) bond motifs is 1. The lowest BCUT2D eigenvalue weighted by molar-refractivity contribution is -0.105. The van der Waals surface area contributed by atoms with Crippen molar-refractivity contribution < 1.29 is 13.2 Å². The summed E-state index contributed by atoms with van der Waals surface area (Å²) in [6.45, 7) is 2.97. The summed E-state index contributed by atoms with van der Waals surface area (Å²) in [5.41, 5.74) is 1.86. The molecule has 0 spiro atoms. The number of hydrogen-bond donors (Lipinski definition) is 0. The summed E-state index contributed by atoms with van der Waals surface area (Å²) in [5.74, 6) is 0.605. The molecule has 1 aromatic rings. The fourth-order valence-electron chi connectivity index (χ4n) is 3.26. The van der Waals surface area contributed by atoms with Gasteiger partial charge in [0.25, 0.3) is 0 Å². The number of carbonyl (C=O) groups is 1. The summed E-state index contributed by atoms with van der Waals surface area (Å²) < 4.78 is 26.9. The third-order valence-corrected chi connectivity index (χ3v) is 6.37. The maximum Gasteiger partial charge on any atom is 0.243 e. The summed E-state index contributed by atoms with van der Waals surface area (Å²) in [5, 5.41) is 0. The van der Waals surface area contributed by atoms with Crippen molar-refractivity contribution in [1.82, 2.24) is 4.31 Å². The molecule has 21 heavy (non-hydrogen) atoms. The Bertz CT molecular complexity index is 676. The van der Waals surface area contributed by atoms with Gasteiger partial charge in [0.15, 0.2) is 0 Å². The molecule has 1 fully saturated rings. The van der Waals surface area contributed by atoms with E-state index in [1.54, 1.807) is 16.4 Å². The van der Waals surface area contributed by atoms with Gasteiger partial charge >= 0.3 is 0 Å². The van der Waals surface area contributed by atoms with Crippen molar-refractivity contribution in [3.05, 3.63) is 41.5 Å². The highest BCUT2D eigenvalue weighted by atomic mass is 32.2. The van der Waals surface area contributed by atoms with E-state index >= 15 is 0 Å². The van der Waals surface area contributed by atoms with Crippen LogP contribution in [0.3, 0.4) is 0 Å². The Labute approximate surface area is 125 Å². The largest absolute Gasteiger partial charge is 0.298 e. The normalized spacial score (nSPS) is 26.2. The lowest BCUT2D eigenvalue weighted by Gasteiger charge is -2.34. The molecule has 5 heteroatoms. The number of piperidine rings is 1. The molecular formula is C16H19NO3S. The van der Waals surface area contributed by atoms with Crippen LogP contribution in [-0.4, -0.2) is 32.1 Å². The van der Waals surface area contributed by atoms with E-state index in [2.05, 4.69) is 0 Å². The van der Waals surface area contributed by atoms with Crippen molar-refractivity contribution in [3.63, 3.8) is 0 Å². The van der Waals surface area contributed by atoms with Crippen LogP contribution in [0, 0.1) is 18.8 Å². The molecule has 0 radical (unpaired) electrons. The first-order valence-electron chi connectivity index (χ1n) is 7.23. The molecule has 0 bridgehead atoms. The molecule has 1 aromatic carbocycles. The zero-order valence-corrected chi connectivity index (χ0v) is 12.8. The molecule has 112 valence electrons. The van der Waals surface area contributed by atoms with Gasteiger partial charge in [-0.25, -0.2) is 8.42 Å². The molecule has 2 aliphatic rings. The number of aldehydes is 1. The number of aryl methyl sites for hydroxylation is 1. The second kappa shape index (κ2) is 5.39. The van der Waals surface area contributed by atoms with Crippen molar-refractivity contribution in [2.24, 2.45) is 11.8 Å². The lowest BCUT2D eigenvalue weighted by Crippen LogP contribution is -2.42. The van der Waals surface area contributed by atoms with E-state index in [0.29, 0.717) is 30.3 Å². The predicted octanol–water partition coefficient (Wildman–Crippen LogP) is 2.15. The topological polar surface area (TPSA) is 54.5 Å². The van der Waals surface area contributed by atoms with Crippen molar-refractivity contribution in [2.75, 3.05) is 13.1 Å². The summed E-state index contributed by atoms with van der Waals surface area (Å²) in [6, 6.07) is 6.98. The summed E-state index contributed by atoms with van der Waals surface area (Å²) in [7, 11) is -3.42. The maximum absolute atomic E-state index is 12.7. The SMILES string of the molecule is Cc1ccc(S(=O)(=O)N2CC[C@@H]3C=C(C=O)C[C@@H]3C2)cc1. The average molecular weight is 305 g/mol. The smallest absolute Gasteiger partial charge is 0.243 e. The van der Waals surface area contributed by atoms with Gasteiger partial charge in [-0.3, -0.25) is 4.79 Å². The summed E-state index contributed by atoms with van der Waals surface area (Å²) in [4.78, 5) is 11.2. The zero-order chi connectivity index (χ0) is 15.0. The Balaban J connectivity index is 1.79. The minimum atomic E-state index is -3.42. The number of hydrogen-bond acceptors (Lipinski definition) is 3. The van der Waals surface area contributed by atoms with Crippen molar-refractivity contribution in [2.45, 2.75) is 24.7 Å². The van der Waals surface area contributed by atoms with Crippen LogP contribution in [-0.2, 0) is 14.8 Å². The van der Waals surface area contributed by atoms with Crippen LogP contribution < -0.4 is 0 Å². The minimum Gasteiger partial charge on any atom is -0.298 e. The van der Waals surface area contributed by atoms with E-state index in [-0.39, 0.29) is 5.92 Å². The van der Waals surface area contributed by atoms with Crippen LogP contribution in [0.2, 0.25) is 0 Å². The average Bonchev–Trinajstić information content (AvgIpc) is 2.89. The van der Waals surface area contributed by atoms with E-state index in [1.165, 1.54) is 0 Å². The predicted molar refractivity (Wildman–Crippen MR) is 80.3 cm³/mol. The van der Waals surface area contributed by atoms with E-state index in [1.807, 2.05) is 25.1 Å². The molecule has 0 N–H and O–H groups in total. The Morgan fingerprint density at radius 3 is 2.62 bits per heavy atom. The second-order valence-corrected chi connectivity index (χ2v) is 7.89. The highest BCUT2D eigenvalue weighted by molar-refractivity contribution is 7.89. The van der Waals surface area contributed by atoms with E-state index in [9.17, 15) is 13.2 Å². The highest BCUT2D eigenvalue weighted by Gasteiger charge is 2.37. The Kier molecular flexibility index (Phi) is 3.71. The van der Waals surface area contributed by atoms with Gasteiger partial charge in [-0.1, -0.05) is 23.8 Å². The van der Waals surface area contributed by atoms with Crippen molar-refractivity contribution in [3.8, 4) is 0 Å². The molecule has 1 aliphatic carbocycles. The van der Waals surface area contributed by atoms with E-state index in [4.69, 9.17) is 0 Å². The molecule has 3 rings (SSSR count). The van der Waals surface area contributed by atoms with E-state index < -0.39 is 10.0 Å². The van der Waals surface area contributed by atoms with Gasteiger partial charge in [0.05, 0.1) is 4.90 Å². The van der Waals surface area contributed by atoms with Crippen molar-refractivity contribution >= 4 is 16.3 Å². The van der Waals surface area contributed by atoms with Gasteiger partial charge in [0, 0.05) is 13.1 Å². The Morgan fingerprint density at radius 2 is 1.95 bits per heavy atom. The number of carbonyl (C=O) groups excluding carboxylic acids is 1. The standard InChI is InChI=1S/C16H19NO3S/c1-12-2-4-16(5-3-12)21(19,20)17-7-6-14-8-13(11-18)9-15(14)10-17/h2-5,8,11,14-15H,6-7,9-10H2,1H3/t14-,15-/m1/s1. The molecule has 4 nitrogen and oxygen atoms in total. The van der Waals surface area contributed by atoms with Gasteiger partial charge in [-0.05, 0) is 49.3 Å². The first-order valence-corrected chi connectivity index (χ1v) is 8.67. The van der Waals surface area contributed by atoms with Gasteiger partial charge < -0.3 is 0 Å². The van der Waals surface area contributed by atoms with Gasteiger partial charge in [-0.2, -0.15) is 4.31 Å². The molecule has 1 aliphatic heterocycles. The summed E-state index contributed by atoms with van der Waals surface area (Å²) in [6.07, 6.45) is 4.42. The van der Waals surface area contributed by atoms with Gasteiger partial charge in [0.1, 0.15) is 6.29 Å². The van der Waals surface area contributed by atoms with Crippen LogP contribution in [0.5, 0.6) is 0 Å². The number of nitrogens with zero attached hydrogens (tertiary/aromatic N) is 1. The van der Waals surface area contributed by atoms with Crippen LogP contribution >= 0.6 is 0 Å². The van der Waals surface area contributed by atoms with Crippen LogP contribution in [0.25, 0.3) is 0 Å². The van der Waals surface area contributed by atoms with Crippen LogP contribution in [0.15, 0.2) is 40.8 Å². The molecule has 2 atom stereocenters. The highest BCUT2D eigenvalue weighted by Crippen LogP contribution is 2.37. The third kappa shape index (κ3) is 2.68. The summed E-state index contributed by atoms with van der Waals surface area (Å²) >= 11 is 0. The molecule has 0 amide bonds. The molecule has 0 aromatic heterocycles. The first-order chi connectivity index (χ1) is 10.0. The zero-order valence-electron chi connectivity index (χ0n) is 12.0. The fourth-order valence-corrected chi connectivity index (χ4v) is 4.77. The molecule has 1 saturated heterocycles. The number of sulfonamides is 1. The quantitative estimate of drug-likeness (QED) is 0.804. The lowest BCUT2D eigenvalue weighted by atomic mass is 9.89. The van der Waals surface area contributed by atoms with Crippen LogP contribution in [0.4, 0.5) is 0 Å². The molecule has 1 heterocycles. The minimum absolute atomic E-state index is 0.249.